The third-order valence-electron chi connectivity index (χ3n) is 2.59. The Labute approximate surface area is 109 Å². The highest BCUT2D eigenvalue weighted by molar-refractivity contribution is 6.04. The van der Waals surface area contributed by atoms with E-state index in [1.807, 2.05) is 0 Å². The highest BCUT2D eigenvalue weighted by Gasteiger charge is 2.18. The number of hydrogen-bond acceptors (Lipinski definition) is 2. The van der Waals surface area contributed by atoms with Crippen molar-refractivity contribution in [3.05, 3.63) is 59.7 Å². The van der Waals surface area contributed by atoms with Gasteiger partial charge in [-0.15, -0.1) is 0 Å². The van der Waals surface area contributed by atoms with Crippen LogP contribution < -0.4 is 0 Å². The lowest BCUT2D eigenvalue weighted by molar-refractivity contribution is 0.0696. The van der Waals surface area contributed by atoms with Gasteiger partial charge in [0, 0.05) is 5.56 Å². The molecule has 0 aliphatic rings. The lowest BCUT2D eigenvalue weighted by atomic mass is 9.94. The summed E-state index contributed by atoms with van der Waals surface area (Å²) in [4.78, 5) is 22.4. The van der Waals surface area contributed by atoms with Gasteiger partial charge in [-0.3, -0.25) is 0 Å². The molecule has 2 rings (SSSR count). The Hall–Kier alpha value is -2.66. The van der Waals surface area contributed by atoms with Crippen molar-refractivity contribution in [2.75, 3.05) is 0 Å². The van der Waals surface area contributed by atoms with E-state index in [-0.39, 0.29) is 22.2 Å². The summed E-state index contributed by atoms with van der Waals surface area (Å²) in [6.45, 7) is 0. The predicted octanol–water partition coefficient (Wildman–Crippen LogP) is 1.93. The summed E-state index contributed by atoms with van der Waals surface area (Å²) >= 11 is 0. The first-order chi connectivity index (χ1) is 8.61. The van der Waals surface area contributed by atoms with Crippen molar-refractivity contribution < 1.29 is 25.3 Å². The van der Waals surface area contributed by atoms with Crippen LogP contribution in [0, 0.1) is 0 Å². The second-order valence-electron chi connectivity index (χ2n) is 3.70. The van der Waals surface area contributed by atoms with Gasteiger partial charge in [-0.05, 0) is 17.7 Å². The number of carboxylic acid groups (broad SMARTS) is 2. The average Bonchev–Trinajstić information content (AvgIpc) is 2.38. The van der Waals surface area contributed by atoms with Gasteiger partial charge in [0.2, 0.25) is 0 Å². The van der Waals surface area contributed by atoms with Gasteiger partial charge >= 0.3 is 11.9 Å². The molecular weight excluding hydrogens is 248 g/mol. The van der Waals surface area contributed by atoms with Crippen LogP contribution in [-0.4, -0.2) is 27.6 Å². The quantitative estimate of drug-likeness (QED) is 0.879. The van der Waals surface area contributed by atoms with Crippen molar-refractivity contribution in [3.63, 3.8) is 0 Å². The van der Waals surface area contributed by atoms with Gasteiger partial charge in [0.05, 0.1) is 11.1 Å². The van der Waals surface area contributed by atoms with Crippen LogP contribution in [0.15, 0.2) is 48.5 Å². The molecule has 19 heavy (non-hydrogen) atoms. The maximum absolute atomic E-state index is 11.2. The van der Waals surface area contributed by atoms with E-state index < -0.39 is 11.9 Å². The standard InChI is InChI=1S/C14H10O4.H2O/c15-13(16)10-7-4-8-11(14(17)18)12(10)9-5-2-1-3-6-9;/h1-8H,(H,15,16)(H,17,18);1H2. The summed E-state index contributed by atoms with van der Waals surface area (Å²) in [6.07, 6.45) is 0. The summed E-state index contributed by atoms with van der Waals surface area (Å²) in [7, 11) is 0. The van der Waals surface area contributed by atoms with E-state index in [4.69, 9.17) is 10.2 Å². The molecule has 2 aromatic carbocycles. The summed E-state index contributed by atoms with van der Waals surface area (Å²) in [6, 6.07) is 12.9. The molecular formula is C14H12O5. The maximum atomic E-state index is 11.2. The van der Waals surface area contributed by atoms with Crippen molar-refractivity contribution in [2.45, 2.75) is 0 Å². The molecule has 0 saturated heterocycles. The van der Waals surface area contributed by atoms with E-state index in [9.17, 15) is 9.59 Å². The molecule has 0 aliphatic carbocycles. The molecule has 98 valence electrons. The minimum Gasteiger partial charge on any atom is -0.478 e. The number of carboxylic acids is 2. The monoisotopic (exact) mass is 260 g/mol. The van der Waals surface area contributed by atoms with E-state index in [0.717, 1.165) is 0 Å². The molecule has 0 bridgehead atoms. The summed E-state index contributed by atoms with van der Waals surface area (Å²) < 4.78 is 0. The largest absolute Gasteiger partial charge is 0.478 e. The van der Waals surface area contributed by atoms with Crippen LogP contribution in [0.1, 0.15) is 20.7 Å². The lowest BCUT2D eigenvalue weighted by Gasteiger charge is -2.09. The molecule has 0 fully saturated rings. The number of hydrogen-bond donors (Lipinski definition) is 2. The zero-order chi connectivity index (χ0) is 13.1. The second-order valence-corrected chi connectivity index (χ2v) is 3.70. The van der Waals surface area contributed by atoms with Gasteiger partial charge in [0.1, 0.15) is 0 Å². The SMILES string of the molecule is O.O=C(O)c1cccc(C(=O)O)c1-c1ccccc1. The number of carbonyl (C=O) groups is 2. The third kappa shape index (κ3) is 2.78. The van der Waals surface area contributed by atoms with Crippen molar-refractivity contribution in [2.24, 2.45) is 0 Å². The summed E-state index contributed by atoms with van der Waals surface area (Å²) in [5.41, 5.74) is 0.785. The van der Waals surface area contributed by atoms with Gasteiger partial charge in [0.25, 0.3) is 0 Å². The molecule has 5 heteroatoms. The molecule has 0 aromatic heterocycles. The molecule has 0 heterocycles. The van der Waals surface area contributed by atoms with Crippen LogP contribution in [0.2, 0.25) is 0 Å². The Morgan fingerprint density at radius 1 is 0.737 bits per heavy atom. The van der Waals surface area contributed by atoms with Crippen molar-refractivity contribution in [1.82, 2.24) is 0 Å². The van der Waals surface area contributed by atoms with Gasteiger partial charge in [0.15, 0.2) is 0 Å². The fourth-order valence-corrected chi connectivity index (χ4v) is 1.82. The van der Waals surface area contributed by atoms with Crippen LogP contribution >= 0.6 is 0 Å². The molecule has 4 N–H and O–H groups in total. The summed E-state index contributed by atoms with van der Waals surface area (Å²) in [5.74, 6) is -2.28. The summed E-state index contributed by atoms with van der Waals surface area (Å²) in [5, 5.41) is 18.3. The van der Waals surface area contributed by atoms with Crippen molar-refractivity contribution >= 4 is 11.9 Å². The van der Waals surface area contributed by atoms with Crippen LogP contribution in [-0.2, 0) is 0 Å². The maximum Gasteiger partial charge on any atom is 0.336 e. The smallest absolute Gasteiger partial charge is 0.336 e. The molecule has 0 saturated carbocycles. The first-order valence-electron chi connectivity index (χ1n) is 5.26. The zero-order valence-electron chi connectivity index (χ0n) is 9.83. The van der Waals surface area contributed by atoms with Gasteiger partial charge in [-0.1, -0.05) is 36.4 Å². The van der Waals surface area contributed by atoms with Crippen LogP contribution in [0.25, 0.3) is 11.1 Å². The van der Waals surface area contributed by atoms with E-state index in [1.165, 1.54) is 18.2 Å². The molecule has 0 spiro atoms. The van der Waals surface area contributed by atoms with Crippen LogP contribution in [0.3, 0.4) is 0 Å². The second kappa shape index (κ2) is 5.79. The molecule has 0 unspecified atom stereocenters. The van der Waals surface area contributed by atoms with Gasteiger partial charge < -0.3 is 15.7 Å². The molecule has 0 aliphatic heterocycles. The molecule has 0 atom stereocenters. The van der Waals surface area contributed by atoms with E-state index in [2.05, 4.69) is 0 Å². The normalized spacial score (nSPS) is 9.47. The third-order valence-corrected chi connectivity index (χ3v) is 2.59. The van der Waals surface area contributed by atoms with Crippen LogP contribution in [0.4, 0.5) is 0 Å². The Kier molecular flexibility index (Phi) is 4.39. The molecule has 5 nitrogen and oxygen atoms in total. The van der Waals surface area contributed by atoms with E-state index in [1.54, 1.807) is 30.3 Å². The number of benzene rings is 2. The highest BCUT2D eigenvalue weighted by Crippen LogP contribution is 2.27. The Bertz CT molecular complexity index is 572. The first kappa shape index (κ1) is 14.4. The zero-order valence-corrected chi connectivity index (χ0v) is 9.83. The Balaban J connectivity index is 0.00000180. The highest BCUT2D eigenvalue weighted by atomic mass is 16.4. The van der Waals surface area contributed by atoms with Crippen molar-refractivity contribution in [1.29, 1.82) is 0 Å². The number of rotatable bonds is 3. The van der Waals surface area contributed by atoms with Crippen molar-refractivity contribution in [3.8, 4) is 11.1 Å². The minimum atomic E-state index is -1.14. The Morgan fingerprint density at radius 3 is 1.63 bits per heavy atom. The lowest BCUT2D eigenvalue weighted by Crippen LogP contribution is -2.06. The molecule has 2 aromatic rings. The first-order valence-corrected chi connectivity index (χ1v) is 5.26. The molecule has 0 amide bonds. The van der Waals surface area contributed by atoms with E-state index in [0.29, 0.717) is 5.56 Å². The van der Waals surface area contributed by atoms with Gasteiger partial charge in [-0.2, -0.15) is 0 Å². The van der Waals surface area contributed by atoms with Gasteiger partial charge in [-0.25, -0.2) is 9.59 Å². The average molecular weight is 260 g/mol. The predicted molar refractivity (Wildman–Crippen MR) is 69.4 cm³/mol. The van der Waals surface area contributed by atoms with Crippen LogP contribution in [0.5, 0.6) is 0 Å². The van der Waals surface area contributed by atoms with E-state index >= 15 is 0 Å². The fourth-order valence-electron chi connectivity index (χ4n) is 1.82. The fraction of sp³-hybridized carbons (Fsp3) is 0. The topological polar surface area (TPSA) is 106 Å². The minimum absolute atomic E-state index is 0. The molecule has 0 radical (unpaired) electrons. The number of aromatic carboxylic acids is 2. The Morgan fingerprint density at radius 2 is 1.21 bits per heavy atom.